The second-order valence-corrected chi connectivity index (χ2v) is 5.06. The third-order valence-corrected chi connectivity index (χ3v) is 3.57. The van der Waals surface area contributed by atoms with Crippen LogP contribution in [0.1, 0.15) is 22.3 Å². The summed E-state index contributed by atoms with van der Waals surface area (Å²) < 4.78 is 5.26. The molecular formula is C17H21NO2. The summed E-state index contributed by atoms with van der Waals surface area (Å²) in [5.74, 6) is 1.26. The molecule has 3 nitrogen and oxygen atoms in total. The van der Waals surface area contributed by atoms with E-state index in [9.17, 15) is 5.11 Å². The van der Waals surface area contributed by atoms with Gasteiger partial charge in [0.25, 0.3) is 0 Å². The third-order valence-electron chi connectivity index (χ3n) is 3.57. The summed E-state index contributed by atoms with van der Waals surface area (Å²) in [7, 11) is 1.68. The average Bonchev–Trinajstić information content (AvgIpc) is 2.44. The van der Waals surface area contributed by atoms with Crippen LogP contribution in [0.25, 0.3) is 0 Å². The first kappa shape index (κ1) is 14.3. The van der Waals surface area contributed by atoms with Gasteiger partial charge in [-0.15, -0.1) is 0 Å². The molecule has 0 aliphatic carbocycles. The summed E-state index contributed by atoms with van der Waals surface area (Å²) in [6.45, 7) is 6.57. The van der Waals surface area contributed by atoms with Crippen LogP contribution in [0.3, 0.4) is 0 Å². The summed E-state index contributed by atoms with van der Waals surface area (Å²) >= 11 is 0. The van der Waals surface area contributed by atoms with Crippen molar-refractivity contribution in [3.8, 4) is 11.5 Å². The van der Waals surface area contributed by atoms with Crippen molar-refractivity contribution in [3.05, 3.63) is 52.6 Å². The lowest BCUT2D eigenvalue weighted by Crippen LogP contribution is -2.02. The molecule has 20 heavy (non-hydrogen) atoms. The van der Waals surface area contributed by atoms with Crippen LogP contribution in [0, 0.1) is 20.8 Å². The molecule has 2 rings (SSSR count). The topological polar surface area (TPSA) is 41.5 Å². The Bertz CT molecular complexity index is 621. The van der Waals surface area contributed by atoms with Crippen LogP contribution in [-0.2, 0) is 6.54 Å². The van der Waals surface area contributed by atoms with E-state index in [2.05, 4.69) is 11.4 Å². The maximum Gasteiger partial charge on any atom is 0.123 e. The van der Waals surface area contributed by atoms with E-state index in [0.717, 1.165) is 28.1 Å². The molecule has 0 saturated heterocycles. The van der Waals surface area contributed by atoms with Crippen molar-refractivity contribution < 1.29 is 9.84 Å². The molecule has 0 heterocycles. The Kier molecular flexibility index (Phi) is 4.18. The van der Waals surface area contributed by atoms with Gasteiger partial charge in [0.05, 0.1) is 7.11 Å². The SMILES string of the molecule is COc1ccc(CNc2ccc(C)c(O)c2C)cc1C. The Labute approximate surface area is 120 Å². The molecule has 0 unspecified atom stereocenters. The minimum absolute atomic E-state index is 0.362. The van der Waals surface area contributed by atoms with E-state index in [1.807, 2.05) is 45.0 Å². The Hall–Kier alpha value is -2.16. The smallest absolute Gasteiger partial charge is 0.123 e. The van der Waals surface area contributed by atoms with Gasteiger partial charge < -0.3 is 15.2 Å². The summed E-state index contributed by atoms with van der Waals surface area (Å²) in [5, 5.41) is 13.3. The highest BCUT2D eigenvalue weighted by atomic mass is 16.5. The van der Waals surface area contributed by atoms with E-state index < -0.39 is 0 Å². The summed E-state index contributed by atoms with van der Waals surface area (Å²) in [6, 6.07) is 10.0. The number of aromatic hydroxyl groups is 1. The van der Waals surface area contributed by atoms with Crippen LogP contribution >= 0.6 is 0 Å². The highest BCUT2D eigenvalue weighted by Crippen LogP contribution is 2.28. The number of nitrogens with one attached hydrogen (secondary N) is 1. The van der Waals surface area contributed by atoms with Crippen LogP contribution < -0.4 is 10.1 Å². The molecule has 106 valence electrons. The second kappa shape index (κ2) is 5.87. The van der Waals surface area contributed by atoms with Crippen molar-refractivity contribution in [2.45, 2.75) is 27.3 Å². The zero-order valence-electron chi connectivity index (χ0n) is 12.4. The monoisotopic (exact) mass is 271 g/mol. The first-order chi connectivity index (χ1) is 9.52. The quantitative estimate of drug-likeness (QED) is 0.885. The molecule has 0 bridgehead atoms. The lowest BCUT2D eigenvalue weighted by atomic mass is 10.1. The highest BCUT2D eigenvalue weighted by Gasteiger charge is 2.06. The molecule has 0 fully saturated rings. The van der Waals surface area contributed by atoms with Crippen molar-refractivity contribution in [3.63, 3.8) is 0 Å². The van der Waals surface area contributed by atoms with Gasteiger partial charge in [-0.2, -0.15) is 0 Å². The van der Waals surface area contributed by atoms with Crippen molar-refractivity contribution in [1.29, 1.82) is 0 Å². The van der Waals surface area contributed by atoms with Gasteiger partial charge in [-0.25, -0.2) is 0 Å². The number of aryl methyl sites for hydroxylation is 2. The number of phenolic OH excluding ortho intramolecular Hbond substituents is 1. The van der Waals surface area contributed by atoms with Crippen molar-refractivity contribution in [2.24, 2.45) is 0 Å². The standard InChI is InChI=1S/C17H21NO2/c1-11-5-7-15(13(3)17(11)19)18-10-14-6-8-16(20-4)12(2)9-14/h5-9,18-19H,10H2,1-4H3. The molecule has 0 amide bonds. The molecule has 0 aromatic heterocycles. The van der Waals surface area contributed by atoms with E-state index in [-0.39, 0.29) is 0 Å². The highest BCUT2D eigenvalue weighted by molar-refractivity contribution is 5.59. The van der Waals surface area contributed by atoms with Crippen molar-refractivity contribution in [1.82, 2.24) is 0 Å². The maximum absolute atomic E-state index is 9.94. The van der Waals surface area contributed by atoms with Gasteiger partial charge in [0.2, 0.25) is 0 Å². The number of benzene rings is 2. The molecule has 0 atom stereocenters. The van der Waals surface area contributed by atoms with Gasteiger partial charge in [0.15, 0.2) is 0 Å². The van der Waals surface area contributed by atoms with Crippen molar-refractivity contribution >= 4 is 5.69 Å². The number of hydrogen-bond donors (Lipinski definition) is 2. The predicted octanol–water partition coefficient (Wildman–Crippen LogP) is 3.94. The fourth-order valence-corrected chi connectivity index (χ4v) is 2.27. The Morgan fingerprint density at radius 2 is 1.80 bits per heavy atom. The van der Waals surface area contributed by atoms with Gasteiger partial charge in [0, 0.05) is 17.8 Å². The number of ether oxygens (including phenoxy) is 1. The molecule has 0 radical (unpaired) electrons. The molecular weight excluding hydrogens is 250 g/mol. The average molecular weight is 271 g/mol. The maximum atomic E-state index is 9.94. The third kappa shape index (κ3) is 2.87. The lowest BCUT2D eigenvalue weighted by molar-refractivity contribution is 0.411. The van der Waals surface area contributed by atoms with Gasteiger partial charge in [-0.05, 0) is 49.6 Å². The Balaban J connectivity index is 2.13. The van der Waals surface area contributed by atoms with Crippen LogP contribution in [0.5, 0.6) is 11.5 Å². The van der Waals surface area contributed by atoms with E-state index in [1.165, 1.54) is 5.56 Å². The molecule has 2 aromatic rings. The predicted molar refractivity (Wildman–Crippen MR) is 82.6 cm³/mol. The number of anilines is 1. The van der Waals surface area contributed by atoms with E-state index in [1.54, 1.807) is 7.11 Å². The summed E-state index contributed by atoms with van der Waals surface area (Å²) in [6.07, 6.45) is 0. The lowest BCUT2D eigenvalue weighted by Gasteiger charge is -2.13. The number of hydrogen-bond acceptors (Lipinski definition) is 3. The zero-order valence-corrected chi connectivity index (χ0v) is 12.4. The van der Waals surface area contributed by atoms with Gasteiger partial charge in [0.1, 0.15) is 11.5 Å². The number of rotatable bonds is 4. The zero-order chi connectivity index (χ0) is 14.7. The Morgan fingerprint density at radius 3 is 2.45 bits per heavy atom. The second-order valence-electron chi connectivity index (χ2n) is 5.06. The first-order valence-electron chi connectivity index (χ1n) is 6.69. The van der Waals surface area contributed by atoms with Gasteiger partial charge >= 0.3 is 0 Å². The molecule has 2 N–H and O–H groups in total. The normalized spacial score (nSPS) is 10.4. The minimum atomic E-state index is 0.362. The van der Waals surface area contributed by atoms with Crippen LogP contribution in [-0.4, -0.2) is 12.2 Å². The molecule has 3 heteroatoms. The molecule has 0 aliphatic rings. The van der Waals surface area contributed by atoms with Gasteiger partial charge in [-0.3, -0.25) is 0 Å². The number of phenols is 1. The molecule has 0 aliphatic heterocycles. The molecule has 0 saturated carbocycles. The van der Waals surface area contributed by atoms with E-state index in [0.29, 0.717) is 12.3 Å². The fourth-order valence-electron chi connectivity index (χ4n) is 2.27. The molecule has 2 aromatic carbocycles. The fraction of sp³-hybridized carbons (Fsp3) is 0.294. The molecule has 0 spiro atoms. The van der Waals surface area contributed by atoms with Crippen LogP contribution in [0.2, 0.25) is 0 Å². The van der Waals surface area contributed by atoms with Crippen LogP contribution in [0.15, 0.2) is 30.3 Å². The number of methoxy groups -OCH3 is 1. The largest absolute Gasteiger partial charge is 0.507 e. The summed E-state index contributed by atoms with van der Waals surface area (Å²) in [4.78, 5) is 0. The first-order valence-corrected chi connectivity index (χ1v) is 6.69. The van der Waals surface area contributed by atoms with E-state index in [4.69, 9.17) is 4.74 Å². The Morgan fingerprint density at radius 1 is 1.05 bits per heavy atom. The van der Waals surface area contributed by atoms with Crippen molar-refractivity contribution in [2.75, 3.05) is 12.4 Å². The van der Waals surface area contributed by atoms with Gasteiger partial charge in [-0.1, -0.05) is 18.2 Å². The summed E-state index contributed by atoms with van der Waals surface area (Å²) in [5.41, 5.74) is 5.04. The minimum Gasteiger partial charge on any atom is -0.507 e. The van der Waals surface area contributed by atoms with E-state index >= 15 is 0 Å². The van der Waals surface area contributed by atoms with Crippen LogP contribution in [0.4, 0.5) is 5.69 Å².